The van der Waals surface area contributed by atoms with Crippen molar-refractivity contribution in [2.75, 3.05) is 0 Å². The number of rotatable bonds is 0. The Morgan fingerprint density at radius 3 is 2.19 bits per heavy atom. The molecule has 0 bridgehead atoms. The normalized spacial score (nSPS) is 58.5. The van der Waals surface area contributed by atoms with Gasteiger partial charge < -0.3 is 5.11 Å². The SMILES string of the molecule is C=C1CC[C@]2(C)CC[C@@]3(C)[C@H](CC[C@@H]4[C@]5(C)CC[C@@H](O)C(C)(C)[C@@H]5CC[C@@]43C)[C@@H]2[C@H]1C. The van der Waals surface area contributed by atoms with Crippen LogP contribution in [0.1, 0.15) is 113 Å². The lowest BCUT2D eigenvalue weighted by Crippen LogP contribution is -2.67. The largest absolute Gasteiger partial charge is 0.393 e. The Hall–Kier alpha value is -0.300. The first-order valence-electron chi connectivity index (χ1n) is 13.7. The fourth-order valence-electron chi connectivity index (χ4n) is 11.4. The summed E-state index contributed by atoms with van der Waals surface area (Å²) in [5.41, 5.74) is 3.43. The van der Waals surface area contributed by atoms with E-state index in [9.17, 15) is 5.11 Å². The number of hydrogen-bond acceptors (Lipinski definition) is 1. The molecule has 10 atom stereocenters. The second kappa shape index (κ2) is 6.64. The number of aliphatic hydroxyl groups excluding tert-OH is 1. The summed E-state index contributed by atoms with van der Waals surface area (Å²) in [5.74, 6) is 3.88. The quantitative estimate of drug-likeness (QED) is 0.389. The van der Waals surface area contributed by atoms with Gasteiger partial charge in [-0.3, -0.25) is 0 Å². The van der Waals surface area contributed by atoms with Gasteiger partial charge in [0.05, 0.1) is 6.10 Å². The lowest BCUT2D eigenvalue weighted by Gasteiger charge is -2.73. The molecule has 31 heavy (non-hydrogen) atoms. The average Bonchev–Trinajstić information content (AvgIpc) is 2.69. The van der Waals surface area contributed by atoms with Crippen molar-refractivity contribution in [1.82, 2.24) is 0 Å². The van der Waals surface area contributed by atoms with Crippen LogP contribution < -0.4 is 0 Å². The van der Waals surface area contributed by atoms with Gasteiger partial charge >= 0.3 is 0 Å². The fraction of sp³-hybridized carbons (Fsp3) is 0.933. The van der Waals surface area contributed by atoms with Crippen molar-refractivity contribution >= 4 is 0 Å². The van der Waals surface area contributed by atoms with E-state index in [1.54, 1.807) is 0 Å². The highest BCUT2D eigenvalue weighted by Crippen LogP contribution is 2.76. The van der Waals surface area contributed by atoms with Crippen LogP contribution in [0.15, 0.2) is 12.2 Å². The lowest BCUT2D eigenvalue weighted by atomic mass is 9.31. The number of aliphatic hydroxyl groups is 1. The molecule has 5 saturated carbocycles. The summed E-state index contributed by atoms with van der Waals surface area (Å²) in [5, 5.41) is 10.9. The zero-order valence-corrected chi connectivity index (χ0v) is 21.7. The number of hydrogen-bond donors (Lipinski definition) is 1. The van der Waals surface area contributed by atoms with Gasteiger partial charge in [0.1, 0.15) is 0 Å². The van der Waals surface area contributed by atoms with Crippen molar-refractivity contribution < 1.29 is 5.11 Å². The molecule has 0 unspecified atom stereocenters. The molecule has 0 amide bonds. The van der Waals surface area contributed by atoms with E-state index in [-0.39, 0.29) is 11.5 Å². The Morgan fingerprint density at radius 1 is 0.774 bits per heavy atom. The van der Waals surface area contributed by atoms with Crippen LogP contribution in [0.2, 0.25) is 0 Å². The van der Waals surface area contributed by atoms with E-state index in [1.807, 2.05) is 0 Å². The van der Waals surface area contributed by atoms with Crippen LogP contribution in [-0.2, 0) is 0 Å². The van der Waals surface area contributed by atoms with Crippen LogP contribution in [0.25, 0.3) is 0 Å². The maximum atomic E-state index is 10.9. The van der Waals surface area contributed by atoms with Gasteiger partial charge in [-0.1, -0.05) is 60.6 Å². The summed E-state index contributed by atoms with van der Waals surface area (Å²) >= 11 is 0. The summed E-state index contributed by atoms with van der Waals surface area (Å²) in [7, 11) is 0. The van der Waals surface area contributed by atoms with Crippen LogP contribution in [0, 0.1) is 56.7 Å². The van der Waals surface area contributed by atoms with Crippen LogP contribution in [0.4, 0.5) is 0 Å². The van der Waals surface area contributed by atoms with Crippen LogP contribution in [0.3, 0.4) is 0 Å². The predicted octanol–water partition coefficient (Wildman–Crippen LogP) is 8.02. The molecule has 5 fully saturated rings. The second-order valence-corrected chi connectivity index (χ2v) is 14.7. The average molecular weight is 427 g/mol. The molecule has 5 aliphatic carbocycles. The highest BCUT2D eigenvalue weighted by molar-refractivity contribution is 5.21. The molecule has 176 valence electrons. The Bertz CT molecular complexity index is 766. The summed E-state index contributed by atoms with van der Waals surface area (Å²) < 4.78 is 0. The summed E-state index contributed by atoms with van der Waals surface area (Å²) in [6.45, 7) is 22.6. The van der Waals surface area contributed by atoms with E-state index in [0.717, 1.165) is 24.2 Å². The Kier molecular flexibility index (Phi) is 4.82. The predicted molar refractivity (Wildman–Crippen MR) is 131 cm³/mol. The second-order valence-electron chi connectivity index (χ2n) is 14.7. The van der Waals surface area contributed by atoms with Crippen molar-refractivity contribution in [2.45, 2.75) is 119 Å². The highest BCUT2D eigenvalue weighted by atomic mass is 16.3. The maximum absolute atomic E-state index is 10.9. The Morgan fingerprint density at radius 2 is 1.48 bits per heavy atom. The zero-order valence-electron chi connectivity index (χ0n) is 21.7. The minimum absolute atomic E-state index is 0.0623. The molecule has 0 saturated heterocycles. The summed E-state index contributed by atoms with van der Waals surface area (Å²) in [4.78, 5) is 0. The third-order valence-corrected chi connectivity index (χ3v) is 13.6. The molecule has 0 heterocycles. The third-order valence-electron chi connectivity index (χ3n) is 13.6. The number of allylic oxidation sites excluding steroid dienone is 1. The Balaban J connectivity index is 1.54. The first kappa shape index (κ1) is 22.5. The van der Waals surface area contributed by atoms with E-state index < -0.39 is 0 Å². The molecule has 0 aromatic rings. The molecule has 1 heteroatoms. The van der Waals surface area contributed by atoms with E-state index in [0.29, 0.717) is 33.5 Å². The van der Waals surface area contributed by atoms with Gasteiger partial charge in [0.2, 0.25) is 0 Å². The van der Waals surface area contributed by atoms with Gasteiger partial charge in [-0.2, -0.15) is 0 Å². The van der Waals surface area contributed by atoms with E-state index in [4.69, 9.17) is 0 Å². The highest BCUT2D eigenvalue weighted by Gasteiger charge is 2.69. The van der Waals surface area contributed by atoms with Crippen LogP contribution in [0.5, 0.6) is 0 Å². The number of fused-ring (bicyclic) bond motifs is 7. The molecule has 0 aliphatic heterocycles. The van der Waals surface area contributed by atoms with Crippen molar-refractivity contribution in [2.24, 2.45) is 56.7 Å². The van der Waals surface area contributed by atoms with Gasteiger partial charge in [0.25, 0.3) is 0 Å². The molecule has 1 nitrogen and oxygen atoms in total. The molecular weight excluding hydrogens is 376 g/mol. The molecule has 1 N–H and O–H groups in total. The van der Waals surface area contributed by atoms with Crippen molar-refractivity contribution in [3.05, 3.63) is 12.2 Å². The van der Waals surface area contributed by atoms with E-state index in [2.05, 4.69) is 55.0 Å². The minimum atomic E-state index is -0.119. The molecule has 0 aromatic carbocycles. The van der Waals surface area contributed by atoms with Gasteiger partial charge in [-0.25, -0.2) is 0 Å². The van der Waals surface area contributed by atoms with Gasteiger partial charge in [0.15, 0.2) is 0 Å². The Labute approximate surface area is 192 Å². The van der Waals surface area contributed by atoms with Crippen LogP contribution in [-0.4, -0.2) is 11.2 Å². The minimum Gasteiger partial charge on any atom is -0.393 e. The zero-order chi connectivity index (χ0) is 22.6. The summed E-state index contributed by atoms with van der Waals surface area (Å²) in [6.07, 6.45) is 13.2. The first-order chi connectivity index (χ1) is 14.3. The van der Waals surface area contributed by atoms with Gasteiger partial charge in [0, 0.05) is 0 Å². The van der Waals surface area contributed by atoms with E-state index in [1.165, 1.54) is 63.4 Å². The topological polar surface area (TPSA) is 20.2 Å². The molecule has 0 spiro atoms. The summed E-state index contributed by atoms with van der Waals surface area (Å²) in [6, 6.07) is 0. The smallest absolute Gasteiger partial charge is 0.0594 e. The molecule has 5 rings (SSSR count). The van der Waals surface area contributed by atoms with Crippen LogP contribution >= 0.6 is 0 Å². The third kappa shape index (κ3) is 2.65. The van der Waals surface area contributed by atoms with Crippen molar-refractivity contribution in [1.29, 1.82) is 0 Å². The molecule has 5 aliphatic rings. The lowest BCUT2D eigenvalue weighted by molar-refractivity contribution is -0.251. The first-order valence-corrected chi connectivity index (χ1v) is 13.7. The standard InChI is InChI=1S/C30H50O/c1-19-11-14-27(5)17-18-29(7)21(25(27)20(19)2)9-10-23-28(6)15-13-24(31)26(3,4)22(28)12-16-30(23,29)8/h20-25,31H,1,9-18H2,2-8H3/t20-,21+,22-,23+,24+,25-,27+,28+,29-,30-/m0/s1. The van der Waals surface area contributed by atoms with Gasteiger partial charge in [-0.05, 0) is 121 Å². The van der Waals surface area contributed by atoms with Crippen molar-refractivity contribution in [3.63, 3.8) is 0 Å². The van der Waals surface area contributed by atoms with Gasteiger partial charge in [-0.15, -0.1) is 0 Å². The fourth-order valence-corrected chi connectivity index (χ4v) is 11.4. The van der Waals surface area contributed by atoms with Crippen molar-refractivity contribution in [3.8, 4) is 0 Å². The monoisotopic (exact) mass is 426 g/mol. The molecule has 0 radical (unpaired) electrons. The molecule has 0 aromatic heterocycles. The maximum Gasteiger partial charge on any atom is 0.0594 e. The van der Waals surface area contributed by atoms with E-state index >= 15 is 0 Å². The molecular formula is C30H50O.